The zero-order valence-corrected chi connectivity index (χ0v) is 11.8. The van der Waals surface area contributed by atoms with Gasteiger partial charge in [0.2, 0.25) is 0 Å². The molecule has 0 aliphatic carbocycles. The van der Waals surface area contributed by atoms with Gasteiger partial charge in [-0.15, -0.1) is 0 Å². The SMILES string of the molecule is Cc1cccc(-c2cc(C(F)(F)F)cc3c2OC(C)C3)c1. The van der Waals surface area contributed by atoms with Gasteiger partial charge < -0.3 is 4.74 Å². The van der Waals surface area contributed by atoms with Gasteiger partial charge in [-0.2, -0.15) is 13.2 Å². The molecule has 0 aromatic heterocycles. The van der Waals surface area contributed by atoms with Crippen LogP contribution in [0.4, 0.5) is 13.2 Å². The van der Waals surface area contributed by atoms with Crippen molar-refractivity contribution in [3.63, 3.8) is 0 Å². The number of hydrogen-bond donors (Lipinski definition) is 0. The standard InChI is InChI=1S/C17H15F3O/c1-10-4-3-5-12(6-10)15-9-14(17(18,19)20)8-13-7-11(2)21-16(13)15/h3-6,8-9,11H,7H2,1-2H3. The summed E-state index contributed by atoms with van der Waals surface area (Å²) in [4.78, 5) is 0. The Bertz CT molecular complexity index is 689. The molecule has 1 nitrogen and oxygen atoms in total. The molecule has 110 valence electrons. The number of aryl methyl sites for hydroxylation is 1. The molecule has 3 rings (SSSR count). The fourth-order valence-corrected chi connectivity index (χ4v) is 2.72. The average Bonchev–Trinajstić information content (AvgIpc) is 2.76. The van der Waals surface area contributed by atoms with E-state index < -0.39 is 11.7 Å². The van der Waals surface area contributed by atoms with Crippen molar-refractivity contribution >= 4 is 0 Å². The molecule has 0 fully saturated rings. The smallest absolute Gasteiger partial charge is 0.416 e. The first-order chi connectivity index (χ1) is 9.84. The maximum Gasteiger partial charge on any atom is 0.416 e. The third-order valence-electron chi connectivity index (χ3n) is 3.65. The maximum absolute atomic E-state index is 13.1. The fourth-order valence-electron chi connectivity index (χ4n) is 2.72. The van der Waals surface area contributed by atoms with Gasteiger partial charge in [-0.05, 0) is 37.1 Å². The second kappa shape index (κ2) is 4.79. The second-order valence-corrected chi connectivity index (χ2v) is 5.51. The minimum Gasteiger partial charge on any atom is -0.489 e. The summed E-state index contributed by atoms with van der Waals surface area (Å²) in [6.45, 7) is 3.79. The molecule has 2 aromatic rings. The van der Waals surface area contributed by atoms with Crippen LogP contribution in [0.25, 0.3) is 11.1 Å². The predicted molar refractivity (Wildman–Crippen MR) is 75.4 cm³/mol. The van der Waals surface area contributed by atoms with E-state index >= 15 is 0 Å². The van der Waals surface area contributed by atoms with Crippen molar-refractivity contribution in [3.05, 3.63) is 53.1 Å². The van der Waals surface area contributed by atoms with Crippen LogP contribution in [0, 0.1) is 6.92 Å². The lowest BCUT2D eigenvalue weighted by Gasteiger charge is -2.14. The first-order valence-electron chi connectivity index (χ1n) is 6.82. The second-order valence-electron chi connectivity index (χ2n) is 5.51. The van der Waals surface area contributed by atoms with Gasteiger partial charge in [-0.1, -0.05) is 29.8 Å². The van der Waals surface area contributed by atoms with Crippen molar-refractivity contribution in [2.75, 3.05) is 0 Å². The van der Waals surface area contributed by atoms with Crippen LogP contribution in [0.2, 0.25) is 0 Å². The van der Waals surface area contributed by atoms with Gasteiger partial charge in [-0.3, -0.25) is 0 Å². The molecule has 1 unspecified atom stereocenters. The van der Waals surface area contributed by atoms with E-state index in [9.17, 15) is 13.2 Å². The van der Waals surface area contributed by atoms with Crippen LogP contribution >= 0.6 is 0 Å². The van der Waals surface area contributed by atoms with Crippen LogP contribution in [0.15, 0.2) is 36.4 Å². The van der Waals surface area contributed by atoms with E-state index in [2.05, 4.69) is 0 Å². The summed E-state index contributed by atoms with van der Waals surface area (Å²) < 4.78 is 45.0. The van der Waals surface area contributed by atoms with Crippen molar-refractivity contribution in [1.29, 1.82) is 0 Å². The zero-order valence-electron chi connectivity index (χ0n) is 11.8. The topological polar surface area (TPSA) is 9.23 Å². The van der Waals surface area contributed by atoms with Gasteiger partial charge in [0, 0.05) is 12.0 Å². The van der Waals surface area contributed by atoms with E-state index in [0.717, 1.165) is 11.1 Å². The molecule has 0 saturated carbocycles. The molecule has 4 heteroatoms. The van der Waals surface area contributed by atoms with Gasteiger partial charge in [0.1, 0.15) is 11.9 Å². The molecular weight excluding hydrogens is 277 g/mol. The quantitative estimate of drug-likeness (QED) is 0.718. The lowest BCUT2D eigenvalue weighted by molar-refractivity contribution is -0.137. The first-order valence-corrected chi connectivity index (χ1v) is 6.82. The highest BCUT2D eigenvalue weighted by Gasteiger charge is 2.34. The number of fused-ring (bicyclic) bond motifs is 1. The molecule has 1 aliphatic rings. The Kier molecular flexibility index (Phi) is 3.19. The molecule has 1 heterocycles. The molecule has 0 N–H and O–H groups in total. The van der Waals surface area contributed by atoms with Crippen LogP contribution in [-0.2, 0) is 12.6 Å². The van der Waals surface area contributed by atoms with Crippen molar-refractivity contribution < 1.29 is 17.9 Å². The number of alkyl halides is 3. The van der Waals surface area contributed by atoms with Crippen LogP contribution < -0.4 is 4.74 Å². The Labute approximate surface area is 121 Å². The number of halogens is 3. The monoisotopic (exact) mass is 292 g/mol. The van der Waals surface area contributed by atoms with E-state index in [1.807, 2.05) is 38.1 Å². The molecule has 0 radical (unpaired) electrons. The first kappa shape index (κ1) is 14.0. The highest BCUT2D eigenvalue weighted by Crippen LogP contribution is 2.43. The molecule has 1 atom stereocenters. The van der Waals surface area contributed by atoms with Crippen molar-refractivity contribution in [1.82, 2.24) is 0 Å². The minimum absolute atomic E-state index is 0.0907. The average molecular weight is 292 g/mol. The zero-order chi connectivity index (χ0) is 15.2. The Morgan fingerprint density at radius 1 is 1.14 bits per heavy atom. The van der Waals surface area contributed by atoms with Crippen LogP contribution in [0.3, 0.4) is 0 Å². The summed E-state index contributed by atoms with van der Waals surface area (Å²) in [5.74, 6) is 0.584. The predicted octanol–water partition coefficient (Wildman–Crippen LogP) is 5.00. The fraction of sp³-hybridized carbons (Fsp3) is 0.294. The summed E-state index contributed by atoms with van der Waals surface area (Å²) >= 11 is 0. The molecule has 1 aliphatic heterocycles. The largest absolute Gasteiger partial charge is 0.489 e. The lowest BCUT2D eigenvalue weighted by atomic mass is 9.96. The lowest BCUT2D eigenvalue weighted by Crippen LogP contribution is -2.05. The summed E-state index contributed by atoms with van der Waals surface area (Å²) in [6.07, 6.45) is -3.93. The van der Waals surface area contributed by atoms with Crippen molar-refractivity contribution in [2.45, 2.75) is 32.5 Å². The summed E-state index contributed by atoms with van der Waals surface area (Å²) in [5.41, 5.74) is 2.30. The van der Waals surface area contributed by atoms with E-state index in [4.69, 9.17) is 4.74 Å². The minimum atomic E-state index is -4.35. The Balaban J connectivity index is 2.22. The number of hydrogen-bond acceptors (Lipinski definition) is 1. The van der Waals surface area contributed by atoms with E-state index in [0.29, 0.717) is 23.3 Å². The third kappa shape index (κ3) is 2.62. The normalized spacial score (nSPS) is 17.5. The Morgan fingerprint density at radius 2 is 1.90 bits per heavy atom. The molecule has 0 amide bonds. The molecule has 0 bridgehead atoms. The molecular formula is C17H15F3O. The Hall–Kier alpha value is -1.97. The van der Waals surface area contributed by atoms with E-state index in [1.165, 1.54) is 12.1 Å². The molecule has 2 aromatic carbocycles. The van der Waals surface area contributed by atoms with Gasteiger partial charge in [0.05, 0.1) is 5.56 Å². The highest BCUT2D eigenvalue weighted by molar-refractivity contribution is 5.74. The van der Waals surface area contributed by atoms with Gasteiger partial charge in [0.15, 0.2) is 0 Å². The van der Waals surface area contributed by atoms with Gasteiger partial charge in [-0.25, -0.2) is 0 Å². The van der Waals surface area contributed by atoms with E-state index in [1.54, 1.807) is 0 Å². The highest BCUT2D eigenvalue weighted by atomic mass is 19.4. The Morgan fingerprint density at radius 3 is 2.57 bits per heavy atom. The third-order valence-corrected chi connectivity index (χ3v) is 3.65. The molecule has 21 heavy (non-hydrogen) atoms. The van der Waals surface area contributed by atoms with Crippen LogP contribution in [0.5, 0.6) is 5.75 Å². The summed E-state index contributed by atoms with van der Waals surface area (Å²) in [5, 5.41) is 0. The van der Waals surface area contributed by atoms with Crippen molar-refractivity contribution in [2.24, 2.45) is 0 Å². The number of rotatable bonds is 1. The molecule has 0 spiro atoms. The van der Waals surface area contributed by atoms with Gasteiger partial charge in [0.25, 0.3) is 0 Å². The number of benzene rings is 2. The maximum atomic E-state index is 13.1. The van der Waals surface area contributed by atoms with E-state index in [-0.39, 0.29) is 6.10 Å². The van der Waals surface area contributed by atoms with Gasteiger partial charge >= 0.3 is 6.18 Å². The van der Waals surface area contributed by atoms with Crippen LogP contribution in [0.1, 0.15) is 23.6 Å². The molecule has 0 saturated heterocycles. The summed E-state index contributed by atoms with van der Waals surface area (Å²) in [6, 6.07) is 9.84. The number of ether oxygens (including phenoxy) is 1. The van der Waals surface area contributed by atoms with Crippen LogP contribution in [-0.4, -0.2) is 6.10 Å². The van der Waals surface area contributed by atoms with Crippen molar-refractivity contribution in [3.8, 4) is 16.9 Å². The summed E-state index contributed by atoms with van der Waals surface area (Å²) in [7, 11) is 0.